The summed E-state index contributed by atoms with van der Waals surface area (Å²) in [6.07, 6.45) is 2.22. The summed E-state index contributed by atoms with van der Waals surface area (Å²) in [5, 5.41) is 2.75. The molecule has 1 heterocycles. The molecule has 0 saturated carbocycles. The van der Waals surface area contributed by atoms with Gasteiger partial charge >= 0.3 is 0 Å². The number of sulfonamides is 1. The van der Waals surface area contributed by atoms with Gasteiger partial charge in [0, 0.05) is 19.8 Å². The number of carbonyl (C=O) groups is 1. The van der Waals surface area contributed by atoms with Crippen LogP contribution in [0.3, 0.4) is 0 Å². The van der Waals surface area contributed by atoms with E-state index < -0.39 is 10.0 Å². The lowest BCUT2D eigenvalue weighted by atomic mass is 10.3. The Kier molecular flexibility index (Phi) is 5.61. The Morgan fingerprint density at radius 3 is 2.52 bits per heavy atom. The first-order chi connectivity index (χ1) is 10.8. The molecule has 1 saturated heterocycles. The fourth-order valence-electron chi connectivity index (χ4n) is 2.50. The van der Waals surface area contributed by atoms with E-state index in [9.17, 15) is 13.2 Å². The molecule has 2 rings (SSSR count). The molecule has 1 aromatic rings. The van der Waals surface area contributed by atoms with Crippen molar-refractivity contribution in [3.8, 4) is 5.75 Å². The number of amides is 1. The number of methoxy groups -OCH3 is 1. The summed E-state index contributed by atoms with van der Waals surface area (Å²) in [7, 11) is 0.662. The molecule has 0 radical (unpaired) electrons. The van der Waals surface area contributed by atoms with Gasteiger partial charge in [-0.25, -0.2) is 12.7 Å². The Hall–Kier alpha value is -1.64. The highest BCUT2D eigenvalue weighted by atomic mass is 32.2. The van der Waals surface area contributed by atoms with Crippen LogP contribution in [-0.4, -0.2) is 64.4 Å². The van der Waals surface area contributed by atoms with Crippen LogP contribution in [0.5, 0.6) is 5.75 Å². The minimum atomic E-state index is -3.65. The summed E-state index contributed by atoms with van der Waals surface area (Å²) in [6.45, 7) is 2.17. The van der Waals surface area contributed by atoms with E-state index in [1.807, 2.05) is 0 Å². The Morgan fingerprint density at radius 2 is 1.96 bits per heavy atom. The highest BCUT2D eigenvalue weighted by Gasteiger charge is 2.23. The maximum atomic E-state index is 12.4. The lowest BCUT2D eigenvalue weighted by molar-refractivity contribution is -0.117. The predicted octanol–water partition coefficient (Wildman–Crippen LogP) is 0.980. The largest absolute Gasteiger partial charge is 0.495 e. The molecule has 1 N–H and O–H groups in total. The van der Waals surface area contributed by atoms with Crippen molar-refractivity contribution in [2.24, 2.45) is 0 Å². The van der Waals surface area contributed by atoms with E-state index in [1.165, 1.54) is 27.3 Å². The summed E-state index contributed by atoms with van der Waals surface area (Å²) in [4.78, 5) is 14.2. The quantitative estimate of drug-likeness (QED) is 0.834. The maximum absolute atomic E-state index is 12.4. The van der Waals surface area contributed by atoms with Crippen LogP contribution in [-0.2, 0) is 14.8 Å². The highest BCUT2D eigenvalue weighted by molar-refractivity contribution is 7.89. The molecule has 1 fully saturated rings. The number of rotatable bonds is 6. The van der Waals surface area contributed by atoms with E-state index in [-0.39, 0.29) is 16.6 Å². The molecular weight excluding hydrogens is 318 g/mol. The fraction of sp³-hybridized carbons (Fsp3) is 0.533. The molecule has 1 amide bonds. The molecule has 0 spiro atoms. The second-order valence-electron chi connectivity index (χ2n) is 5.68. The fourth-order valence-corrected chi connectivity index (χ4v) is 3.57. The molecule has 0 aliphatic carbocycles. The zero-order chi connectivity index (χ0) is 17.0. The highest BCUT2D eigenvalue weighted by Crippen LogP contribution is 2.28. The minimum absolute atomic E-state index is 0.0315. The molecule has 128 valence electrons. The Labute approximate surface area is 137 Å². The van der Waals surface area contributed by atoms with Crippen LogP contribution < -0.4 is 10.1 Å². The zero-order valence-electron chi connectivity index (χ0n) is 13.7. The topological polar surface area (TPSA) is 79.0 Å². The van der Waals surface area contributed by atoms with Crippen molar-refractivity contribution >= 4 is 21.6 Å². The van der Waals surface area contributed by atoms with Gasteiger partial charge in [0.1, 0.15) is 10.6 Å². The van der Waals surface area contributed by atoms with Crippen molar-refractivity contribution in [3.05, 3.63) is 18.2 Å². The summed E-state index contributed by atoms with van der Waals surface area (Å²) >= 11 is 0. The molecule has 1 aliphatic rings. The van der Waals surface area contributed by atoms with Gasteiger partial charge in [0.2, 0.25) is 15.9 Å². The molecule has 0 unspecified atom stereocenters. The second-order valence-corrected chi connectivity index (χ2v) is 7.80. The number of nitrogens with one attached hydrogen (secondary N) is 1. The van der Waals surface area contributed by atoms with Gasteiger partial charge in [-0.1, -0.05) is 0 Å². The number of nitrogens with zero attached hydrogens (tertiary/aromatic N) is 2. The van der Waals surface area contributed by atoms with Crippen molar-refractivity contribution in [2.75, 3.05) is 46.2 Å². The van der Waals surface area contributed by atoms with Gasteiger partial charge in [0.05, 0.1) is 13.7 Å². The summed E-state index contributed by atoms with van der Waals surface area (Å²) in [5.41, 5.74) is 0.440. The van der Waals surface area contributed by atoms with Crippen molar-refractivity contribution in [1.29, 1.82) is 0 Å². The number of anilines is 1. The van der Waals surface area contributed by atoms with Crippen LogP contribution in [0.15, 0.2) is 23.1 Å². The van der Waals surface area contributed by atoms with Crippen molar-refractivity contribution in [2.45, 2.75) is 17.7 Å². The SMILES string of the molecule is COc1ccc(NC(=O)CN2CCCC2)cc1S(=O)(=O)N(C)C. The predicted molar refractivity (Wildman–Crippen MR) is 88.2 cm³/mol. The van der Waals surface area contributed by atoms with Crippen LogP contribution in [0, 0.1) is 0 Å². The van der Waals surface area contributed by atoms with Gasteiger partial charge < -0.3 is 10.1 Å². The second kappa shape index (κ2) is 7.29. The third-order valence-corrected chi connectivity index (χ3v) is 5.61. The maximum Gasteiger partial charge on any atom is 0.246 e. The zero-order valence-corrected chi connectivity index (χ0v) is 14.5. The van der Waals surface area contributed by atoms with E-state index in [0.717, 1.165) is 30.2 Å². The first-order valence-electron chi connectivity index (χ1n) is 7.47. The van der Waals surface area contributed by atoms with Crippen LogP contribution in [0.25, 0.3) is 0 Å². The number of benzene rings is 1. The van der Waals surface area contributed by atoms with Crippen LogP contribution in [0.4, 0.5) is 5.69 Å². The average molecular weight is 341 g/mol. The van der Waals surface area contributed by atoms with Crippen molar-refractivity contribution in [1.82, 2.24) is 9.21 Å². The third-order valence-electron chi connectivity index (χ3n) is 3.77. The lowest BCUT2D eigenvalue weighted by Gasteiger charge is -2.17. The van der Waals surface area contributed by atoms with Crippen LogP contribution in [0.1, 0.15) is 12.8 Å². The molecule has 1 aromatic carbocycles. The number of likely N-dealkylation sites (tertiary alicyclic amines) is 1. The Bertz CT molecular complexity index is 667. The monoisotopic (exact) mass is 341 g/mol. The normalized spacial score (nSPS) is 15.8. The third kappa shape index (κ3) is 4.21. The molecule has 0 aromatic heterocycles. The molecule has 8 heteroatoms. The molecule has 0 atom stereocenters. The summed E-state index contributed by atoms with van der Waals surface area (Å²) in [6, 6.07) is 4.60. The molecular formula is C15H23N3O4S. The van der Waals surface area contributed by atoms with Crippen molar-refractivity contribution < 1.29 is 17.9 Å². The van der Waals surface area contributed by atoms with E-state index in [2.05, 4.69) is 10.2 Å². The van der Waals surface area contributed by atoms with Gasteiger partial charge in [0.25, 0.3) is 0 Å². The Balaban J connectivity index is 2.18. The van der Waals surface area contributed by atoms with E-state index in [0.29, 0.717) is 12.2 Å². The van der Waals surface area contributed by atoms with Crippen molar-refractivity contribution in [3.63, 3.8) is 0 Å². The van der Waals surface area contributed by atoms with E-state index >= 15 is 0 Å². The molecule has 0 bridgehead atoms. The number of ether oxygens (including phenoxy) is 1. The van der Waals surface area contributed by atoms with Crippen LogP contribution in [0.2, 0.25) is 0 Å². The first kappa shape index (κ1) is 17.7. The minimum Gasteiger partial charge on any atom is -0.495 e. The van der Waals surface area contributed by atoms with Gasteiger partial charge in [-0.05, 0) is 44.1 Å². The average Bonchev–Trinajstić information content (AvgIpc) is 2.99. The molecule has 7 nitrogen and oxygen atoms in total. The number of hydrogen-bond acceptors (Lipinski definition) is 5. The molecule has 1 aliphatic heterocycles. The standard InChI is InChI=1S/C15H23N3O4S/c1-17(2)23(20,21)14-10-12(6-7-13(14)22-3)16-15(19)11-18-8-4-5-9-18/h6-7,10H,4-5,8-9,11H2,1-3H3,(H,16,19). The Morgan fingerprint density at radius 1 is 1.30 bits per heavy atom. The first-order valence-corrected chi connectivity index (χ1v) is 8.91. The summed E-state index contributed by atoms with van der Waals surface area (Å²) < 4.78 is 30.9. The lowest BCUT2D eigenvalue weighted by Crippen LogP contribution is -2.31. The van der Waals surface area contributed by atoms with Gasteiger partial charge in [-0.3, -0.25) is 9.69 Å². The number of hydrogen-bond donors (Lipinski definition) is 1. The van der Waals surface area contributed by atoms with E-state index in [1.54, 1.807) is 12.1 Å². The summed E-state index contributed by atoms with van der Waals surface area (Å²) in [5.74, 6) is 0.0986. The molecule has 23 heavy (non-hydrogen) atoms. The number of carbonyl (C=O) groups excluding carboxylic acids is 1. The van der Waals surface area contributed by atoms with E-state index in [4.69, 9.17) is 4.74 Å². The van der Waals surface area contributed by atoms with Gasteiger partial charge in [-0.2, -0.15) is 0 Å². The van der Waals surface area contributed by atoms with Gasteiger partial charge in [0.15, 0.2) is 0 Å². The smallest absolute Gasteiger partial charge is 0.246 e. The van der Waals surface area contributed by atoms with Gasteiger partial charge in [-0.15, -0.1) is 0 Å². The van der Waals surface area contributed by atoms with Crippen LogP contribution >= 0.6 is 0 Å².